The summed E-state index contributed by atoms with van der Waals surface area (Å²) in [7, 11) is 0. The van der Waals surface area contributed by atoms with Crippen LogP contribution < -0.4 is 5.73 Å². The molecular formula is C18H21N3OS. The molecule has 0 amide bonds. The van der Waals surface area contributed by atoms with Crippen LogP contribution in [0.4, 0.5) is 0 Å². The van der Waals surface area contributed by atoms with E-state index in [0.717, 1.165) is 11.3 Å². The number of nitrogens with zero attached hydrogens (tertiary/aromatic N) is 2. The first-order valence-corrected chi connectivity index (χ1v) is 8.41. The van der Waals surface area contributed by atoms with E-state index >= 15 is 0 Å². The molecule has 0 fully saturated rings. The highest BCUT2D eigenvalue weighted by molar-refractivity contribution is 8.13. The van der Waals surface area contributed by atoms with Crippen molar-refractivity contribution in [3.8, 4) is 5.75 Å². The highest BCUT2D eigenvalue weighted by atomic mass is 32.2. The van der Waals surface area contributed by atoms with Crippen LogP contribution >= 0.6 is 11.8 Å². The van der Waals surface area contributed by atoms with Gasteiger partial charge >= 0.3 is 0 Å². The van der Waals surface area contributed by atoms with Gasteiger partial charge in [0.05, 0.1) is 6.21 Å². The third kappa shape index (κ3) is 5.14. The number of amidine groups is 1. The molecule has 0 saturated heterocycles. The van der Waals surface area contributed by atoms with E-state index in [9.17, 15) is 5.11 Å². The molecule has 4 nitrogen and oxygen atoms in total. The van der Waals surface area contributed by atoms with Crippen LogP contribution in [0.15, 0.2) is 58.7 Å². The van der Waals surface area contributed by atoms with Gasteiger partial charge in [-0.15, -0.1) is 5.10 Å². The van der Waals surface area contributed by atoms with Gasteiger partial charge < -0.3 is 10.8 Å². The maximum atomic E-state index is 10.2. The molecule has 0 spiro atoms. The van der Waals surface area contributed by atoms with Gasteiger partial charge in [-0.2, -0.15) is 5.10 Å². The summed E-state index contributed by atoms with van der Waals surface area (Å²) in [6.07, 6.45) is 1.52. The van der Waals surface area contributed by atoms with E-state index < -0.39 is 0 Å². The van der Waals surface area contributed by atoms with Gasteiger partial charge in [0.1, 0.15) is 5.75 Å². The van der Waals surface area contributed by atoms with Crippen LogP contribution in [0.3, 0.4) is 0 Å². The van der Waals surface area contributed by atoms with Crippen molar-refractivity contribution in [2.75, 3.05) is 0 Å². The summed E-state index contributed by atoms with van der Waals surface area (Å²) >= 11 is 1.43. The molecule has 0 aliphatic heterocycles. The zero-order valence-electron chi connectivity index (χ0n) is 13.3. The molecule has 0 aliphatic carbocycles. The van der Waals surface area contributed by atoms with E-state index in [-0.39, 0.29) is 11.7 Å². The molecule has 2 aromatic rings. The molecule has 0 unspecified atom stereocenters. The minimum Gasteiger partial charge on any atom is -0.507 e. The van der Waals surface area contributed by atoms with Gasteiger partial charge in [-0.25, -0.2) is 0 Å². The van der Waals surface area contributed by atoms with Gasteiger partial charge in [0.2, 0.25) is 0 Å². The van der Waals surface area contributed by atoms with Gasteiger partial charge in [0.25, 0.3) is 0 Å². The van der Waals surface area contributed by atoms with E-state index in [1.165, 1.54) is 23.5 Å². The quantitative estimate of drug-likeness (QED) is 0.493. The average Bonchev–Trinajstić information content (AvgIpc) is 2.55. The minimum absolute atomic E-state index is 0.247. The molecule has 23 heavy (non-hydrogen) atoms. The second kappa shape index (κ2) is 8.39. The van der Waals surface area contributed by atoms with Crippen molar-refractivity contribution in [2.45, 2.75) is 25.5 Å². The fraction of sp³-hybridized carbons (Fsp3) is 0.222. The maximum Gasteiger partial charge on any atom is 0.180 e. The average molecular weight is 327 g/mol. The molecule has 0 aromatic heterocycles. The van der Waals surface area contributed by atoms with Crippen molar-refractivity contribution in [3.63, 3.8) is 0 Å². The molecular weight excluding hydrogens is 306 g/mol. The van der Waals surface area contributed by atoms with Gasteiger partial charge in [-0.05, 0) is 23.1 Å². The number of aromatic hydroxyl groups is 1. The van der Waals surface area contributed by atoms with E-state index in [0.29, 0.717) is 10.7 Å². The topological polar surface area (TPSA) is 71.0 Å². The van der Waals surface area contributed by atoms with Crippen molar-refractivity contribution >= 4 is 23.1 Å². The molecule has 3 N–H and O–H groups in total. The SMILES string of the molecule is CC(C)c1cccc(C=NN=C(N)SCc2ccccc2)c1O. The van der Waals surface area contributed by atoms with Gasteiger partial charge in [-0.1, -0.05) is 68.1 Å². The Morgan fingerprint density at radius 2 is 1.91 bits per heavy atom. The summed E-state index contributed by atoms with van der Waals surface area (Å²) in [6.45, 7) is 4.07. The zero-order chi connectivity index (χ0) is 16.7. The van der Waals surface area contributed by atoms with E-state index in [1.807, 2.05) is 56.3 Å². The molecule has 0 bridgehead atoms. The Hall–Kier alpha value is -2.27. The summed E-state index contributed by atoms with van der Waals surface area (Å²) in [5.74, 6) is 1.25. The molecule has 0 atom stereocenters. The Bertz CT molecular complexity index is 697. The summed E-state index contributed by atoms with van der Waals surface area (Å²) in [5, 5.41) is 18.5. The van der Waals surface area contributed by atoms with Crippen LogP contribution in [0.25, 0.3) is 0 Å². The lowest BCUT2D eigenvalue weighted by Crippen LogP contribution is -2.06. The second-order valence-electron chi connectivity index (χ2n) is 5.40. The predicted octanol–water partition coefficient (Wildman–Crippen LogP) is 4.10. The number of benzene rings is 2. The van der Waals surface area contributed by atoms with Gasteiger partial charge in [0, 0.05) is 11.3 Å². The van der Waals surface area contributed by atoms with Crippen LogP contribution in [-0.4, -0.2) is 16.5 Å². The summed E-state index contributed by atoms with van der Waals surface area (Å²) in [5.41, 5.74) is 8.55. The van der Waals surface area contributed by atoms with E-state index in [1.54, 1.807) is 6.07 Å². The Labute approximate surface area is 141 Å². The first-order chi connectivity index (χ1) is 11.1. The lowest BCUT2D eigenvalue weighted by Gasteiger charge is -2.09. The van der Waals surface area contributed by atoms with Crippen molar-refractivity contribution in [3.05, 3.63) is 65.2 Å². The number of nitrogens with two attached hydrogens (primary N) is 1. The molecule has 5 heteroatoms. The van der Waals surface area contributed by atoms with E-state index in [4.69, 9.17) is 5.73 Å². The Morgan fingerprint density at radius 3 is 2.61 bits per heavy atom. The summed E-state index contributed by atoms with van der Waals surface area (Å²) < 4.78 is 0. The molecule has 0 aliphatic rings. The third-order valence-electron chi connectivity index (χ3n) is 3.30. The van der Waals surface area contributed by atoms with Crippen molar-refractivity contribution in [1.82, 2.24) is 0 Å². The van der Waals surface area contributed by atoms with Crippen LogP contribution in [0.1, 0.15) is 36.5 Å². The zero-order valence-corrected chi connectivity index (χ0v) is 14.1. The highest BCUT2D eigenvalue weighted by Crippen LogP contribution is 2.27. The van der Waals surface area contributed by atoms with Crippen LogP contribution in [0, 0.1) is 0 Å². The number of phenols is 1. The van der Waals surface area contributed by atoms with Crippen molar-refractivity contribution < 1.29 is 5.11 Å². The van der Waals surface area contributed by atoms with Crippen LogP contribution in [0.5, 0.6) is 5.75 Å². The standard InChI is InChI=1S/C18H21N3OS/c1-13(2)16-10-6-9-15(17(16)22)11-20-21-18(19)23-12-14-7-4-3-5-8-14/h3-11,13,22H,12H2,1-2H3,(H2,19,21). The highest BCUT2D eigenvalue weighted by Gasteiger charge is 2.08. The number of hydrogen-bond acceptors (Lipinski definition) is 4. The monoisotopic (exact) mass is 327 g/mol. The van der Waals surface area contributed by atoms with Gasteiger partial charge in [0.15, 0.2) is 5.17 Å². The number of phenolic OH excluding ortho intramolecular Hbond substituents is 1. The Balaban J connectivity index is 1.99. The Morgan fingerprint density at radius 1 is 1.17 bits per heavy atom. The van der Waals surface area contributed by atoms with Crippen molar-refractivity contribution in [2.24, 2.45) is 15.9 Å². The smallest absolute Gasteiger partial charge is 0.180 e. The number of hydrogen-bond donors (Lipinski definition) is 2. The summed E-state index contributed by atoms with van der Waals surface area (Å²) in [4.78, 5) is 0. The minimum atomic E-state index is 0.247. The fourth-order valence-corrected chi connectivity index (χ4v) is 2.67. The first kappa shape index (κ1) is 17.1. The molecule has 0 heterocycles. The van der Waals surface area contributed by atoms with Crippen molar-refractivity contribution in [1.29, 1.82) is 0 Å². The number of thioether (sulfide) groups is 1. The molecule has 0 radical (unpaired) electrons. The molecule has 2 rings (SSSR count). The lowest BCUT2D eigenvalue weighted by molar-refractivity contribution is 0.464. The second-order valence-corrected chi connectivity index (χ2v) is 6.39. The number of rotatable bonds is 5. The van der Waals surface area contributed by atoms with E-state index in [2.05, 4.69) is 10.2 Å². The molecule has 120 valence electrons. The number of para-hydroxylation sites is 1. The fourth-order valence-electron chi connectivity index (χ4n) is 2.06. The molecule has 0 saturated carbocycles. The lowest BCUT2D eigenvalue weighted by atomic mass is 9.99. The maximum absolute atomic E-state index is 10.2. The van der Waals surface area contributed by atoms with Crippen LogP contribution in [0.2, 0.25) is 0 Å². The third-order valence-corrected chi connectivity index (χ3v) is 4.16. The largest absolute Gasteiger partial charge is 0.507 e. The first-order valence-electron chi connectivity index (χ1n) is 7.43. The van der Waals surface area contributed by atoms with Gasteiger partial charge in [-0.3, -0.25) is 0 Å². The normalized spacial score (nSPS) is 12.2. The predicted molar refractivity (Wildman–Crippen MR) is 99.1 cm³/mol. The Kier molecular flexibility index (Phi) is 6.23. The van der Waals surface area contributed by atoms with Crippen LogP contribution in [-0.2, 0) is 5.75 Å². The molecule has 2 aromatic carbocycles. The summed E-state index contributed by atoms with van der Waals surface area (Å²) in [6, 6.07) is 15.6.